The van der Waals surface area contributed by atoms with Gasteiger partial charge in [-0.2, -0.15) is 0 Å². The number of hydrogen-bond donors (Lipinski definition) is 1. The van der Waals surface area contributed by atoms with Crippen LogP contribution in [0.5, 0.6) is 0 Å². The first kappa shape index (κ1) is 11.3. The molecule has 5 heteroatoms. The van der Waals surface area contributed by atoms with Crippen molar-refractivity contribution in [2.75, 3.05) is 5.32 Å². The van der Waals surface area contributed by atoms with Gasteiger partial charge in [-0.3, -0.25) is 0 Å². The van der Waals surface area contributed by atoms with Gasteiger partial charge in [-0.15, -0.1) is 5.10 Å². The quantitative estimate of drug-likeness (QED) is 0.897. The summed E-state index contributed by atoms with van der Waals surface area (Å²) in [6.07, 6.45) is 7.84. The minimum Gasteiger partial charge on any atom is -0.467 e. The highest BCUT2D eigenvalue weighted by molar-refractivity contribution is 5.19. The van der Waals surface area contributed by atoms with E-state index >= 15 is 0 Å². The van der Waals surface area contributed by atoms with E-state index in [-0.39, 0.29) is 0 Å². The summed E-state index contributed by atoms with van der Waals surface area (Å²) >= 11 is 0. The number of aromatic nitrogens is 2. The minimum atomic E-state index is 0.449. The van der Waals surface area contributed by atoms with Gasteiger partial charge in [0.1, 0.15) is 5.76 Å². The average Bonchev–Trinajstić information content (AvgIpc) is 3.09. The van der Waals surface area contributed by atoms with Crippen LogP contribution in [0.3, 0.4) is 0 Å². The van der Waals surface area contributed by atoms with Gasteiger partial charge in [0.15, 0.2) is 0 Å². The molecule has 1 fully saturated rings. The number of nitrogens with zero attached hydrogens (tertiary/aromatic N) is 2. The smallest absolute Gasteiger partial charge is 0.315 e. The molecule has 1 aliphatic carbocycles. The molecule has 0 amide bonds. The molecule has 18 heavy (non-hydrogen) atoms. The van der Waals surface area contributed by atoms with Crippen molar-refractivity contribution >= 4 is 6.01 Å². The van der Waals surface area contributed by atoms with Crippen LogP contribution in [0.2, 0.25) is 0 Å². The standard InChI is InChI=1S/C13H17N3O2/c1-2-5-10(6-3-1)12-15-16-13(18-12)14-9-11-7-4-8-17-11/h4,7-8,10H,1-3,5-6,9H2,(H,14,16). The van der Waals surface area contributed by atoms with Crippen molar-refractivity contribution < 1.29 is 8.83 Å². The first-order valence-electron chi connectivity index (χ1n) is 6.51. The van der Waals surface area contributed by atoms with E-state index in [0.717, 1.165) is 11.7 Å². The van der Waals surface area contributed by atoms with Gasteiger partial charge in [0.25, 0.3) is 0 Å². The SMILES string of the molecule is c1coc(CNc2nnc(C3CCCCC3)o2)c1. The van der Waals surface area contributed by atoms with Gasteiger partial charge in [-0.1, -0.05) is 24.4 Å². The molecular formula is C13H17N3O2. The van der Waals surface area contributed by atoms with Gasteiger partial charge in [0.2, 0.25) is 5.89 Å². The summed E-state index contributed by atoms with van der Waals surface area (Å²) in [6, 6.07) is 4.25. The van der Waals surface area contributed by atoms with Crippen molar-refractivity contribution in [1.82, 2.24) is 10.2 Å². The second-order valence-corrected chi connectivity index (χ2v) is 4.71. The van der Waals surface area contributed by atoms with Crippen molar-refractivity contribution in [2.45, 2.75) is 44.6 Å². The van der Waals surface area contributed by atoms with E-state index in [1.807, 2.05) is 12.1 Å². The lowest BCUT2D eigenvalue weighted by Crippen LogP contribution is -2.04. The Morgan fingerprint density at radius 3 is 2.89 bits per heavy atom. The normalized spacial score (nSPS) is 16.9. The molecule has 0 bridgehead atoms. The van der Waals surface area contributed by atoms with Crippen LogP contribution in [-0.2, 0) is 6.54 Å². The van der Waals surface area contributed by atoms with Crippen molar-refractivity contribution in [3.05, 3.63) is 30.0 Å². The number of rotatable bonds is 4. The fourth-order valence-corrected chi connectivity index (χ4v) is 2.40. The molecule has 0 spiro atoms. The molecule has 2 heterocycles. The predicted molar refractivity (Wildman–Crippen MR) is 66.2 cm³/mol. The maximum Gasteiger partial charge on any atom is 0.315 e. The molecule has 5 nitrogen and oxygen atoms in total. The summed E-state index contributed by atoms with van der Waals surface area (Å²) < 4.78 is 10.9. The van der Waals surface area contributed by atoms with Crippen LogP contribution in [0.15, 0.2) is 27.2 Å². The first-order valence-corrected chi connectivity index (χ1v) is 6.51. The van der Waals surface area contributed by atoms with E-state index in [2.05, 4.69) is 15.5 Å². The third-order valence-electron chi connectivity index (χ3n) is 3.39. The van der Waals surface area contributed by atoms with E-state index in [4.69, 9.17) is 8.83 Å². The second-order valence-electron chi connectivity index (χ2n) is 4.71. The van der Waals surface area contributed by atoms with E-state index in [0.29, 0.717) is 18.5 Å². The Bertz CT molecular complexity index is 472. The molecule has 0 saturated heterocycles. The zero-order valence-corrected chi connectivity index (χ0v) is 10.3. The largest absolute Gasteiger partial charge is 0.467 e. The highest BCUT2D eigenvalue weighted by atomic mass is 16.4. The molecule has 3 rings (SSSR count). The molecule has 0 aromatic carbocycles. The molecule has 1 saturated carbocycles. The fraction of sp³-hybridized carbons (Fsp3) is 0.538. The topological polar surface area (TPSA) is 64.1 Å². The zero-order chi connectivity index (χ0) is 12.2. The molecule has 0 radical (unpaired) electrons. The Morgan fingerprint density at radius 1 is 1.22 bits per heavy atom. The number of hydrogen-bond acceptors (Lipinski definition) is 5. The Kier molecular flexibility index (Phi) is 3.30. The lowest BCUT2D eigenvalue weighted by Gasteiger charge is -2.17. The third kappa shape index (κ3) is 2.55. The van der Waals surface area contributed by atoms with Gasteiger partial charge in [0, 0.05) is 5.92 Å². The summed E-state index contributed by atoms with van der Waals surface area (Å²) in [5.41, 5.74) is 0. The summed E-state index contributed by atoms with van der Waals surface area (Å²) in [5, 5.41) is 11.2. The summed E-state index contributed by atoms with van der Waals surface area (Å²) in [6.45, 7) is 0.569. The average molecular weight is 247 g/mol. The van der Waals surface area contributed by atoms with Crippen LogP contribution in [0, 0.1) is 0 Å². The highest BCUT2D eigenvalue weighted by Gasteiger charge is 2.21. The molecule has 96 valence electrons. The Hall–Kier alpha value is -1.78. The summed E-state index contributed by atoms with van der Waals surface area (Å²) in [5.74, 6) is 2.08. The lowest BCUT2D eigenvalue weighted by molar-refractivity contribution is 0.367. The predicted octanol–water partition coefficient (Wildman–Crippen LogP) is 3.32. The number of furan rings is 1. The Labute approximate surface area is 106 Å². The van der Waals surface area contributed by atoms with Crippen LogP contribution in [0.1, 0.15) is 49.7 Å². The van der Waals surface area contributed by atoms with E-state index in [1.54, 1.807) is 6.26 Å². The highest BCUT2D eigenvalue weighted by Crippen LogP contribution is 2.32. The van der Waals surface area contributed by atoms with E-state index in [1.165, 1.54) is 32.1 Å². The summed E-state index contributed by atoms with van der Waals surface area (Å²) in [7, 11) is 0. The first-order chi connectivity index (χ1) is 8.92. The molecule has 0 unspecified atom stereocenters. The molecule has 2 aromatic rings. The Balaban J connectivity index is 1.59. The molecule has 0 aliphatic heterocycles. The lowest BCUT2D eigenvalue weighted by atomic mass is 9.89. The van der Waals surface area contributed by atoms with Gasteiger partial charge in [-0.25, -0.2) is 0 Å². The van der Waals surface area contributed by atoms with Crippen molar-refractivity contribution in [1.29, 1.82) is 0 Å². The van der Waals surface area contributed by atoms with Crippen LogP contribution in [-0.4, -0.2) is 10.2 Å². The van der Waals surface area contributed by atoms with Crippen LogP contribution in [0.25, 0.3) is 0 Å². The third-order valence-corrected chi connectivity index (χ3v) is 3.39. The van der Waals surface area contributed by atoms with Crippen LogP contribution < -0.4 is 5.32 Å². The Morgan fingerprint density at radius 2 is 2.11 bits per heavy atom. The molecule has 2 aromatic heterocycles. The number of nitrogens with one attached hydrogen (secondary N) is 1. The van der Waals surface area contributed by atoms with Crippen molar-refractivity contribution in [3.8, 4) is 0 Å². The van der Waals surface area contributed by atoms with Gasteiger partial charge >= 0.3 is 6.01 Å². The minimum absolute atomic E-state index is 0.449. The van der Waals surface area contributed by atoms with Gasteiger partial charge in [0.05, 0.1) is 12.8 Å². The van der Waals surface area contributed by atoms with Crippen LogP contribution >= 0.6 is 0 Å². The maximum atomic E-state index is 5.65. The van der Waals surface area contributed by atoms with E-state index in [9.17, 15) is 0 Å². The number of anilines is 1. The molecule has 0 atom stereocenters. The molecule has 1 aliphatic rings. The van der Waals surface area contributed by atoms with Gasteiger partial charge < -0.3 is 14.2 Å². The molecular weight excluding hydrogens is 230 g/mol. The van der Waals surface area contributed by atoms with Crippen molar-refractivity contribution in [2.24, 2.45) is 0 Å². The monoisotopic (exact) mass is 247 g/mol. The van der Waals surface area contributed by atoms with Crippen LogP contribution in [0.4, 0.5) is 6.01 Å². The maximum absolute atomic E-state index is 5.65. The molecule has 1 N–H and O–H groups in total. The van der Waals surface area contributed by atoms with E-state index < -0.39 is 0 Å². The van der Waals surface area contributed by atoms with Crippen molar-refractivity contribution in [3.63, 3.8) is 0 Å². The van der Waals surface area contributed by atoms with Gasteiger partial charge in [-0.05, 0) is 25.0 Å². The summed E-state index contributed by atoms with van der Waals surface area (Å²) in [4.78, 5) is 0. The zero-order valence-electron chi connectivity index (χ0n) is 10.3. The fourth-order valence-electron chi connectivity index (χ4n) is 2.40. The second kappa shape index (κ2) is 5.25.